The summed E-state index contributed by atoms with van der Waals surface area (Å²) in [7, 11) is 1.39. The van der Waals surface area contributed by atoms with Gasteiger partial charge in [-0.15, -0.1) is 0 Å². The van der Waals surface area contributed by atoms with Gasteiger partial charge in [-0.3, -0.25) is 14.9 Å². The minimum Gasteiger partial charge on any atom is -0.494 e. The Balaban J connectivity index is 1.78. The van der Waals surface area contributed by atoms with Crippen LogP contribution in [0.2, 0.25) is 0 Å². The molecule has 0 saturated heterocycles. The normalized spacial score (nSPS) is 10.6. The molecule has 31 heavy (non-hydrogen) atoms. The predicted octanol–water partition coefficient (Wildman–Crippen LogP) is 5.83. The summed E-state index contributed by atoms with van der Waals surface area (Å²) in [5.74, 6) is -0.171. The molecular formula is C23H16BrN3O4. The predicted molar refractivity (Wildman–Crippen MR) is 122 cm³/mol. The largest absolute Gasteiger partial charge is 0.494 e. The number of methoxy groups -OCH3 is 1. The van der Waals surface area contributed by atoms with Gasteiger partial charge in [0.15, 0.2) is 0 Å². The van der Waals surface area contributed by atoms with Crippen molar-refractivity contribution in [3.8, 4) is 17.0 Å². The Hall–Kier alpha value is -3.78. The van der Waals surface area contributed by atoms with Crippen LogP contribution in [-0.4, -0.2) is 22.9 Å². The zero-order valence-corrected chi connectivity index (χ0v) is 17.9. The molecule has 1 aromatic heterocycles. The van der Waals surface area contributed by atoms with Gasteiger partial charge in [-0.2, -0.15) is 0 Å². The van der Waals surface area contributed by atoms with Gasteiger partial charge in [-0.05, 0) is 30.3 Å². The number of nitro groups is 1. The summed E-state index contributed by atoms with van der Waals surface area (Å²) in [4.78, 5) is 28.4. The molecule has 7 nitrogen and oxygen atoms in total. The number of benzene rings is 3. The van der Waals surface area contributed by atoms with E-state index in [2.05, 4.69) is 21.2 Å². The van der Waals surface area contributed by atoms with Gasteiger partial charge in [-0.1, -0.05) is 46.3 Å². The van der Waals surface area contributed by atoms with E-state index in [0.29, 0.717) is 27.8 Å². The van der Waals surface area contributed by atoms with Crippen molar-refractivity contribution in [1.82, 2.24) is 4.98 Å². The van der Waals surface area contributed by atoms with E-state index in [9.17, 15) is 14.9 Å². The van der Waals surface area contributed by atoms with Gasteiger partial charge in [0.2, 0.25) is 0 Å². The zero-order chi connectivity index (χ0) is 22.0. The smallest absolute Gasteiger partial charge is 0.273 e. The van der Waals surface area contributed by atoms with E-state index in [0.717, 1.165) is 10.0 Å². The van der Waals surface area contributed by atoms with E-state index < -0.39 is 4.92 Å². The molecule has 0 radical (unpaired) electrons. The number of aromatic nitrogens is 1. The number of para-hydroxylation sites is 1. The molecule has 1 heterocycles. The third kappa shape index (κ3) is 4.24. The Morgan fingerprint density at radius 2 is 1.87 bits per heavy atom. The first-order valence-electron chi connectivity index (χ1n) is 9.26. The molecule has 154 valence electrons. The van der Waals surface area contributed by atoms with Crippen molar-refractivity contribution in [3.05, 3.63) is 92.9 Å². The van der Waals surface area contributed by atoms with Crippen LogP contribution in [0.5, 0.6) is 5.75 Å². The van der Waals surface area contributed by atoms with Crippen molar-refractivity contribution >= 4 is 44.1 Å². The van der Waals surface area contributed by atoms with Crippen LogP contribution in [0.25, 0.3) is 22.2 Å². The van der Waals surface area contributed by atoms with Crippen molar-refractivity contribution in [2.24, 2.45) is 0 Å². The molecule has 1 amide bonds. The maximum atomic E-state index is 13.2. The Kier molecular flexibility index (Phi) is 5.64. The molecule has 0 aliphatic carbocycles. The molecule has 0 atom stereocenters. The van der Waals surface area contributed by atoms with Crippen LogP contribution < -0.4 is 10.1 Å². The Morgan fingerprint density at radius 3 is 2.61 bits per heavy atom. The van der Waals surface area contributed by atoms with E-state index in [1.807, 2.05) is 48.5 Å². The van der Waals surface area contributed by atoms with Gasteiger partial charge in [0.1, 0.15) is 5.75 Å². The second-order valence-corrected chi connectivity index (χ2v) is 7.59. The van der Waals surface area contributed by atoms with Crippen LogP contribution in [0.1, 0.15) is 10.4 Å². The summed E-state index contributed by atoms with van der Waals surface area (Å²) in [6.07, 6.45) is 0. The standard InChI is InChI=1S/C23H16BrN3O4/c1-31-22-12-16(27(29)30)9-10-20(22)26-23(28)18-13-21(14-5-4-6-15(24)11-14)25-19-8-3-2-7-17(18)19/h2-13H,1H3,(H,26,28). The number of ether oxygens (including phenoxy) is 1. The van der Waals surface area contributed by atoms with Gasteiger partial charge in [-0.25, -0.2) is 4.98 Å². The summed E-state index contributed by atoms with van der Waals surface area (Å²) in [6.45, 7) is 0. The highest BCUT2D eigenvalue weighted by molar-refractivity contribution is 9.10. The molecule has 0 saturated carbocycles. The SMILES string of the molecule is COc1cc([N+](=O)[O-])ccc1NC(=O)c1cc(-c2cccc(Br)c2)nc2ccccc12. The number of amides is 1. The molecule has 0 spiro atoms. The second kappa shape index (κ2) is 8.53. The van der Waals surface area contributed by atoms with Crippen molar-refractivity contribution in [3.63, 3.8) is 0 Å². The van der Waals surface area contributed by atoms with Gasteiger partial charge >= 0.3 is 0 Å². The first kappa shape index (κ1) is 20.5. The molecule has 1 N–H and O–H groups in total. The van der Waals surface area contributed by atoms with Crippen LogP contribution in [0.15, 0.2) is 77.3 Å². The molecule has 0 aliphatic heterocycles. The highest BCUT2D eigenvalue weighted by Crippen LogP contribution is 2.31. The van der Waals surface area contributed by atoms with Crippen molar-refractivity contribution in [1.29, 1.82) is 0 Å². The third-order valence-electron chi connectivity index (χ3n) is 4.73. The van der Waals surface area contributed by atoms with E-state index in [1.54, 1.807) is 6.07 Å². The number of anilines is 1. The van der Waals surface area contributed by atoms with E-state index in [-0.39, 0.29) is 17.3 Å². The van der Waals surface area contributed by atoms with Gasteiger partial charge < -0.3 is 10.1 Å². The Labute approximate surface area is 186 Å². The molecule has 0 fully saturated rings. The van der Waals surface area contributed by atoms with Gasteiger partial charge in [0, 0.05) is 21.5 Å². The number of halogens is 1. The first-order chi connectivity index (χ1) is 15.0. The highest BCUT2D eigenvalue weighted by Gasteiger charge is 2.17. The number of pyridine rings is 1. The number of nitro benzene ring substituents is 1. The number of non-ortho nitro benzene ring substituents is 1. The molecule has 4 aromatic rings. The lowest BCUT2D eigenvalue weighted by molar-refractivity contribution is -0.384. The molecular weight excluding hydrogens is 462 g/mol. The minimum atomic E-state index is -0.519. The average Bonchev–Trinajstić information content (AvgIpc) is 2.78. The average molecular weight is 478 g/mol. The minimum absolute atomic E-state index is 0.124. The number of nitrogens with one attached hydrogen (secondary N) is 1. The first-order valence-corrected chi connectivity index (χ1v) is 10.0. The second-order valence-electron chi connectivity index (χ2n) is 6.68. The zero-order valence-electron chi connectivity index (χ0n) is 16.3. The fourth-order valence-electron chi connectivity index (χ4n) is 3.25. The van der Waals surface area contributed by atoms with E-state index in [1.165, 1.54) is 25.3 Å². The third-order valence-corrected chi connectivity index (χ3v) is 5.22. The molecule has 0 bridgehead atoms. The maximum absolute atomic E-state index is 13.2. The summed E-state index contributed by atoms with van der Waals surface area (Å²) < 4.78 is 6.13. The molecule has 3 aromatic carbocycles. The monoisotopic (exact) mass is 477 g/mol. The summed E-state index contributed by atoms with van der Waals surface area (Å²) in [6, 6.07) is 20.8. The molecule has 0 aliphatic rings. The van der Waals surface area contributed by atoms with Crippen molar-refractivity contribution in [2.45, 2.75) is 0 Å². The van der Waals surface area contributed by atoms with E-state index in [4.69, 9.17) is 9.72 Å². The fraction of sp³-hybridized carbons (Fsp3) is 0.0435. The number of nitrogens with zero attached hydrogens (tertiary/aromatic N) is 2. The molecule has 8 heteroatoms. The number of hydrogen-bond donors (Lipinski definition) is 1. The van der Waals surface area contributed by atoms with Gasteiger partial charge in [0.25, 0.3) is 11.6 Å². The number of rotatable bonds is 5. The topological polar surface area (TPSA) is 94.4 Å². The number of fused-ring (bicyclic) bond motifs is 1. The Bertz CT molecular complexity index is 1320. The van der Waals surface area contributed by atoms with Crippen molar-refractivity contribution in [2.75, 3.05) is 12.4 Å². The van der Waals surface area contributed by atoms with Gasteiger partial charge in [0.05, 0.1) is 40.6 Å². The van der Waals surface area contributed by atoms with Crippen LogP contribution >= 0.6 is 15.9 Å². The lowest BCUT2D eigenvalue weighted by Gasteiger charge is -2.13. The quantitative estimate of drug-likeness (QED) is 0.288. The number of hydrogen-bond acceptors (Lipinski definition) is 5. The van der Waals surface area contributed by atoms with Crippen LogP contribution in [0.4, 0.5) is 11.4 Å². The Morgan fingerprint density at radius 1 is 1.06 bits per heavy atom. The van der Waals surface area contributed by atoms with Crippen LogP contribution in [0, 0.1) is 10.1 Å². The lowest BCUT2D eigenvalue weighted by atomic mass is 10.0. The lowest BCUT2D eigenvalue weighted by Crippen LogP contribution is -2.14. The maximum Gasteiger partial charge on any atom is 0.273 e. The molecule has 0 unspecified atom stereocenters. The molecule has 4 rings (SSSR count). The number of carbonyl (C=O) groups is 1. The fourth-order valence-corrected chi connectivity index (χ4v) is 3.64. The van der Waals surface area contributed by atoms with Crippen LogP contribution in [-0.2, 0) is 0 Å². The number of carbonyl (C=O) groups excluding carboxylic acids is 1. The summed E-state index contributed by atoms with van der Waals surface area (Å²) in [5, 5.41) is 14.5. The highest BCUT2D eigenvalue weighted by atomic mass is 79.9. The summed E-state index contributed by atoms with van der Waals surface area (Å²) >= 11 is 3.46. The summed E-state index contributed by atoms with van der Waals surface area (Å²) in [5.41, 5.74) is 2.84. The van der Waals surface area contributed by atoms with E-state index >= 15 is 0 Å². The van der Waals surface area contributed by atoms with Crippen LogP contribution in [0.3, 0.4) is 0 Å². The van der Waals surface area contributed by atoms with Crippen molar-refractivity contribution < 1.29 is 14.5 Å².